The van der Waals surface area contributed by atoms with Gasteiger partial charge in [-0.1, -0.05) is 65.2 Å². The van der Waals surface area contributed by atoms with Gasteiger partial charge in [0.25, 0.3) is 0 Å². The van der Waals surface area contributed by atoms with E-state index in [2.05, 4.69) is 19.2 Å². The van der Waals surface area contributed by atoms with Gasteiger partial charge in [-0.15, -0.1) is 0 Å². The Kier molecular flexibility index (Phi) is 15.7. The molecule has 5 heteroatoms. The molecule has 142 valence electrons. The van der Waals surface area contributed by atoms with Crippen molar-refractivity contribution in [2.24, 2.45) is 5.92 Å². The summed E-state index contributed by atoms with van der Waals surface area (Å²) >= 11 is 0. The number of hydrogen-bond acceptors (Lipinski definition) is 3. The van der Waals surface area contributed by atoms with Crippen LogP contribution in [0.4, 0.5) is 4.79 Å². The predicted octanol–water partition coefficient (Wildman–Crippen LogP) is 5.13. The zero-order chi connectivity index (χ0) is 18.0. The van der Waals surface area contributed by atoms with E-state index in [4.69, 9.17) is 9.84 Å². The molecule has 0 saturated carbocycles. The molecule has 0 spiro atoms. The third-order valence-electron chi connectivity index (χ3n) is 4.02. The van der Waals surface area contributed by atoms with E-state index in [1.165, 1.54) is 38.5 Å². The van der Waals surface area contributed by atoms with Gasteiger partial charge in [0.05, 0.1) is 6.61 Å². The van der Waals surface area contributed by atoms with Gasteiger partial charge < -0.3 is 15.2 Å². The standard InChI is InChI=1S/C19H37NO4/c1-17(2)13-9-6-4-3-5-7-12-16-24-18(21)14-10-8-11-15-20-19(22)23/h17,20H,3-16H2,1-2H3,(H,22,23). The number of carbonyl (C=O) groups excluding carboxylic acids is 1. The summed E-state index contributed by atoms with van der Waals surface area (Å²) in [5.41, 5.74) is 0. The minimum absolute atomic E-state index is 0.130. The van der Waals surface area contributed by atoms with Crippen LogP contribution in [0.1, 0.15) is 90.9 Å². The van der Waals surface area contributed by atoms with Crippen molar-refractivity contribution < 1.29 is 19.4 Å². The molecule has 0 fully saturated rings. The largest absolute Gasteiger partial charge is 0.466 e. The van der Waals surface area contributed by atoms with Crippen LogP contribution >= 0.6 is 0 Å². The van der Waals surface area contributed by atoms with Crippen LogP contribution in [-0.2, 0) is 9.53 Å². The average molecular weight is 344 g/mol. The third kappa shape index (κ3) is 18.8. The summed E-state index contributed by atoms with van der Waals surface area (Å²) in [5, 5.41) is 10.7. The van der Waals surface area contributed by atoms with Gasteiger partial charge in [-0.25, -0.2) is 4.79 Å². The lowest BCUT2D eigenvalue weighted by molar-refractivity contribution is -0.143. The number of carbonyl (C=O) groups is 2. The number of ether oxygens (including phenoxy) is 1. The molecule has 0 heterocycles. The Bertz CT molecular complexity index is 318. The Balaban J connectivity index is 3.19. The maximum atomic E-state index is 11.5. The van der Waals surface area contributed by atoms with E-state index in [0.29, 0.717) is 19.6 Å². The van der Waals surface area contributed by atoms with Crippen molar-refractivity contribution >= 4 is 12.1 Å². The molecule has 0 aliphatic carbocycles. The van der Waals surface area contributed by atoms with Gasteiger partial charge in [0.2, 0.25) is 0 Å². The van der Waals surface area contributed by atoms with E-state index in [9.17, 15) is 9.59 Å². The zero-order valence-corrected chi connectivity index (χ0v) is 15.6. The van der Waals surface area contributed by atoms with Crippen LogP contribution in [0.5, 0.6) is 0 Å². The van der Waals surface area contributed by atoms with Crippen LogP contribution < -0.4 is 5.32 Å². The number of amides is 1. The molecule has 5 nitrogen and oxygen atoms in total. The smallest absolute Gasteiger partial charge is 0.404 e. The molecule has 0 bridgehead atoms. The molecule has 1 amide bonds. The van der Waals surface area contributed by atoms with Crippen molar-refractivity contribution in [3.05, 3.63) is 0 Å². The molecule has 0 aromatic carbocycles. The zero-order valence-electron chi connectivity index (χ0n) is 15.6. The highest BCUT2D eigenvalue weighted by Crippen LogP contribution is 2.12. The van der Waals surface area contributed by atoms with Gasteiger partial charge in [0.15, 0.2) is 0 Å². The lowest BCUT2D eigenvalue weighted by Crippen LogP contribution is -2.21. The van der Waals surface area contributed by atoms with Gasteiger partial charge >= 0.3 is 12.1 Å². The molecule has 0 radical (unpaired) electrons. The molecular formula is C19H37NO4. The summed E-state index contributed by atoms with van der Waals surface area (Å²) < 4.78 is 5.21. The normalized spacial score (nSPS) is 10.8. The van der Waals surface area contributed by atoms with Crippen molar-refractivity contribution in [2.75, 3.05) is 13.2 Å². The molecule has 0 unspecified atom stereocenters. The fraction of sp³-hybridized carbons (Fsp3) is 0.895. The Morgan fingerprint density at radius 1 is 0.875 bits per heavy atom. The van der Waals surface area contributed by atoms with Crippen molar-refractivity contribution in [1.82, 2.24) is 5.32 Å². The van der Waals surface area contributed by atoms with Crippen molar-refractivity contribution in [2.45, 2.75) is 90.9 Å². The molecule has 0 rings (SSSR count). The number of carboxylic acid groups (broad SMARTS) is 1. The van der Waals surface area contributed by atoms with E-state index < -0.39 is 6.09 Å². The molecule has 2 N–H and O–H groups in total. The quantitative estimate of drug-likeness (QED) is 0.301. The lowest BCUT2D eigenvalue weighted by atomic mass is 10.0. The number of esters is 1. The second kappa shape index (κ2) is 16.6. The Labute approximate surface area is 147 Å². The van der Waals surface area contributed by atoms with Gasteiger partial charge in [0, 0.05) is 13.0 Å². The minimum Gasteiger partial charge on any atom is -0.466 e. The van der Waals surface area contributed by atoms with Gasteiger partial charge in [-0.2, -0.15) is 0 Å². The molecule has 0 aromatic heterocycles. The van der Waals surface area contributed by atoms with Crippen LogP contribution in [0.25, 0.3) is 0 Å². The highest BCUT2D eigenvalue weighted by atomic mass is 16.5. The number of nitrogens with one attached hydrogen (secondary N) is 1. The highest BCUT2D eigenvalue weighted by molar-refractivity contribution is 5.69. The second-order valence-corrected chi connectivity index (χ2v) is 6.92. The predicted molar refractivity (Wildman–Crippen MR) is 97.2 cm³/mol. The maximum Gasteiger partial charge on any atom is 0.404 e. The number of unbranched alkanes of at least 4 members (excludes halogenated alkanes) is 8. The first-order chi connectivity index (χ1) is 11.5. The van der Waals surface area contributed by atoms with Gasteiger partial charge in [0.1, 0.15) is 0 Å². The summed E-state index contributed by atoms with van der Waals surface area (Å²) in [6.45, 7) is 5.53. The topological polar surface area (TPSA) is 75.6 Å². The van der Waals surface area contributed by atoms with E-state index in [1.54, 1.807) is 0 Å². The van der Waals surface area contributed by atoms with Crippen LogP contribution in [0.15, 0.2) is 0 Å². The fourth-order valence-electron chi connectivity index (χ4n) is 2.56. The molecular weight excluding hydrogens is 306 g/mol. The molecule has 0 aliphatic heterocycles. The SMILES string of the molecule is CC(C)CCCCCCCCCOC(=O)CCCCCNC(=O)O. The second-order valence-electron chi connectivity index (χ2n) is 6.92. The Morgan fingerprint density at radius 3 is 2.08 bits per heavy atom. The Hall–Kier alpha value is -1.26. The summed E-state index contributed by atoms with van der Waals surface area (Å²) in [6, 6.07) is 0. The maximum absolute atomic E-state index is 11.5. The van der Waals surface area contributed by atoms with Crippen molar-refractivity contribution in [3.8, 4) is 0 Å². The number of hydrogen-bond donors (Lipinski definition) is 2. The van der Waals surface area contributed by atoms with Gasteiger partial charge in [-0.05, 0) is 25.2 Å². The Morgan fingerprint density at radius 2 is 1.46 bits per heavy atom. The van der Waals surface area contributed by atoms with Crippen LogP contribution in [0.2, 0.25) is 0 Å². The monoisotopic (exact) mass is 343 g/mol. The average Bonchev–Trinajstić information content (AvgIpc) is 2.52. The number of rotatable bonds is 16. The van der Waals surface area contributed by atoms with Crippen LogP contribution in [-0.4, -0.2) is 30.3 Å². The summed E-state index contributed by atoms with van der Waals surface area (Å²) in [6.07, 6.45) is 11.8. The first kappa shape index (κ1) is 22.7. The van der Waals surface area contributed by atoms with Crippen LogP contribution in [0, 0.1) is 5.92 Å². The minimum atomic E-state index is -0.995. The van der Waals surface area contributed by atoms with E-state index in [-0.39, 0.29) is 5.97 Å². The van der Waals surface area contributed by atoms with E-state index in [1.807, 2.05) is 0 Å². The molecule has 0 saturated heterocycles. The van der Waals surface area contributed by atoms with Crippen LogP contribution in [0.3, 0.4) is 0 Å². The first-order valence-electron chi connectivity index (χ1n) is 9.64. The van der Waals surface area contributed by atoms with Gasteiger partial charge in [-0.3, -0.25) is 4.79 Å². The molecule has 0 aliphatic rings. The van der Waals surface area contributed by atoms with E-state index in [0.717, 1.165) is 38.0 Å². The molecule has 0 atom stereocenters. The molecule has 0 aromatic rings. The first-order valence-corrected chi connectivity index (χ1v) is 9.64. The third-order valence-corrected chi connectivity index (χ3v) is 4.02. The van der Waals surface area contributed by atoms with Crippen molar-refractivity contribution in [1.29, 1.82) is 0 Å². The van der Waals surface area contributed by atoms with E-state index >= 15 is 0 Å². The summed E-state index contributed by atoms with van der Waals surface area (Å²) in [7, 11) is 0. The lowest BCUT2D eigenvalue weighted by Gasteiger charge is -2.06. The summed E-state index contributed by atoms with van der Waals surface area (Å²) in [5.74, 6) is 0.691. The fourth-order valence-corrected chi connectivity index (χ4v) is 2.56. The highest BCUT2D eigenvalue weighted by Gasteiger charge is 2.03. The van der Waals surface area contributed by atoms with Crippen molar-refractivity contribution in [3.63, 3.8) is 0 Å². The molecule has 24 heavy (non-hydrogen) atoms. The summed E-state index contributed by atoms with van der Waals surface area (Å²) in [4.78, 5) is 21.8.